The Morgan fingerprint density at radius 2 is 1.89 bits per heavy atom. The molecule has 3 aromatic heterocycles. The molecule has 0 aromatic carbocycles. The number of amides is 1. The highest BCUT2D eigenvalue weighted by atomic mass is 28.3. The van der Waals surface area contributed by atoms with Crippen LogP contribution in [0, 0.1) is 0 Å². The normalized spacial score (nSPS) is 15.4. The zero-order valence-corrected chi connectivity index (χ0v) is 24.0. The fraction of sp³-hybridized carbons (Fsp3) is 0.640. The predicted octanol–water partition coefficient (Wildman–Crippen LogP) is 4.32. The number of rotatable bonds is 8. The summed E-state index contributed by atoms with van der Waals surface area (Å²) in [4.78, 5) is 28.0. The molecule has 3 aromatic rings. The van der Waals surface area contributed by atoms with Crippen molar-refractivity contribution in [2.75, 3.05) is 19.7 Å². The maximum Gasteiger partial charge on any atom is 0.410 e. The van der Waals surface area contributed by atoms with E-state index in [1.165, 1.54) is 6.33 Å². The number of ether oxygens (including phenoxy) is 3. The van der Waals surface area contributed by atoms with Crippen LogP contribution in [0.5, 0.6) is 5.88 Å². The molecule has 11 nitrogen and oxygen atoms in total. The lowest BCUT2D eigenvalue weighted by atomic mass is 10.1. The lowest BCUT2D eigenvalue weighted by molar-refractivity contribution is 0.0123. The second-order valence-electron chi connectivity index (χ2n) is 11.7. The van der Waals surface area contributed by atoms with Gasteiger partial charge in [-0.1, -0.05) is 19.6 Å². The van der Waals surface area contributed by atoms with E-state index in [1.807, 2.05) is 38.6 Å². The highest BCUT2D eigenvalue weighted by Crippen LogP contribution is 2.29. The number of aryl methyl sites for hydroxylation is 1. The number of carbonyl (C=O) groups excluding carboxylic acids is 1. The van der Waals surface area contributed by atoms with E-state index in [2.05, 4.69) is 34.7 Å². The highest BCUT2D eigenvalue weighted by Gasteiger charge is 2.28. The van der Waals surface area contributed by atoms with Crippen molar-refractivity contribution in [1.29, 1.82) is 0 Å². The van der Waals surface area contributed by atoms with Crippen LogP contribution in [0.4, 0.5) is 4.79 Å². The smallest absolute Gasteiger partial charge is 0.410 e. The third-order valence-corrected chi connectivity index (χ3v) is 7.81. The van der Waals surface area contributed by atoms with Crippen molar-refractivity contribution in [3.8, 4) is 17.3 Å². The van der Waals surface area contributed by atoms with E-state index in [9.17, 15) is 4.79 Å². The average molecular weight is 530 g/mol. The first-order valence-corrected chi connectivity index (χ1v) is 16.5. The summed E-state index contributed by atoms with van der Waals surface area (Å²) in [6, 6.07) is 1.10. The molecule has 4 heterocycles. The van der Waals surface area contributed by atoms with Gasteiger partial charge in [-0.15, -0.1) is 0 Å². The van der Waals surface area contributed by atoms with Crippen molar-refractivity contribution in [2.45, 2.75) is 77.7 Å². The molecule has 0 bridgehead atoms. The standard InChI is InChI=1S/C25H39N7O4Si/c1-25(2,3)36-24(33)31-10-8-18(9-11-31)35-20-14-26-23-21(29-20)19(22-27-16-28-30(22)4)15-32(23)17-34-12-13-37(5,6)7/h14-16,18H,8-13,17H2,1-7H3. The quantitative estimate of drug-likeness (QED) is 0.314. The van der Waals surface area contributed by atoms with E-state index in [0.717, 1.165) is 11.6 Å². The lowest BCUT2D eigenvalue weighted by Crippen LogP contribution is -2.44. The van der Waals surface area contributed by atoms with Gasteiger partial charge in [0.2, 0.25) is 5.88 Å². The van der Waals surface area contributed by atoms with Crippen molar-refractivity contribution in [2.24, 2.45) is 7.05 Å². The molecule has 1 saturated heterocycles. The third-order valence-electron chi connectivity index (χ3n) is 6.10. The number of hydrogen-bond donors (Lipinski definition) is 0. The number of carbonyl (C=O) groups is 1. The molecule has 0 spiro atoms. The Kier molecular flexibility index (Phi) is 7.88. The van der Waals surface area contributed by atoms with Gasteiger partial charge in [0.15, 0.2) is 11.5 Å². The molecule has 0 N–H and O–H groups in total. The maximum absolute atomic E-state index is 12.4. The van der Waals surface area contributed by atoms with E-state index >= 15 is 0 Å². The summed E-state index contributed by atoms with van der Waals surface area (Å²) < 4.78 is 21.4. The monoisotopic (exact) mass is 529 g/mol. The van der Waals surface area contributed by atoms with Crippen molar-refractivity contribution >= 4 is 25.3 Å². The van der Waals surface area contributed by atoms with Gasteiger partial charge < -0.3 is 23.7 Å². The van der Waals surface area contributed by atoms with E-state index in [-0.39, 0.29) is 12.2 Å². The molecule has 1 amide bonds. The summed E-state index contributed by atoms with van der Waals surface area (Å²) in [5, 5.41) is 4.22. The predicted molar refractivity (Wildman–Crippen MR) is 143 cm³/mol. The maximum atomic E-state index is 12.4. The van der Waals surface area contributed by atoms with Crippen LogP contribution in [-0.2, 0) is 23.3 Å². The number of fused-ring (bicyclic) bond motifs is 1. The summed E-state index contributed by atoms with van der Waals surface area (Å²) >= 11 is 0. The minimum absolute atomic E-state index is 0.0595. The first kappa shape index (κ1) is 27.1. The summed E-state index contributed by atoms with van der Waals surface area (Å²) in [6.07, 6.45) is 6.19. The molecule has 0 atom stereocenters. The van der Waals surface area contributed by atoms with E-state index < -0.39 is 13.7 Å². The molecule has 12 heteroatoms. The molecule has 0 radical (unpaired) electrons. The van der Waals surface area contributed by atoms with Crippen LogP contribution in [0.1, 0.15) is 33.6 Å². The minimum Gasteiger partial charge on any atom is -0.473 e. The second-order valence-corrected chi connectivity index (χ2v) is 17.4. The number of piperidine rings is 1. The molecule has 1 aliphatic rings. The van der Waals surface area contributed by atoms with Gasteiger partial charge in [0.1, 0.15) is 30.3 Å². The van der Waals surface area contributed by atoms with Gasteiger partial charge >= 0.3 is 6.09 Å². The van der Waals surface area contributed by atoms with Gasteiger partial charge in [-0.25, -0.2) is 24.4 Å². The molecular formula is C25H39N7O4Si. The van der Waals surface area contributed by atoms with Crippen LogP contribution >= 0.6 is 0 Å². The van der Waals surface area contributed by atoms with Gasteiger partial charge in [-0.05, 0) is 26.8 Å². The third kappa shape index (κ3) is 7.07. The molecule has 1 aliphatic heterocycles. The summed E-state index contributed by atoms with van der Waals surface area (Å²) in [5.74, 6) is 1.15. The SMILES string of the molecule is Cn1ncnc1-c1cn(COCC[Si](C)(C)C)c2ncc(OC3CCN(C(=O)OC(C)(C)C)CC3)nc12. The summed E-state index contributed by atoms with van der Waals surface area (Å²) in [6.45, 7) is 14.9. The average Bonchev–Trinajstić information content (AvgIpc) is 3.38. The highest BCUT2D eigenvalue weighted by molar-refractivity contribution is 6.76. The van der Waals surface area contributed by atoms with Crippen LogP contribution in [0.3, 0.4) is 0 Å². The topological polar surface area (TPSA) is 109 Å². The lowest BCUT2D eigenvalue weighted by Gasteiger charge is -2.33. The zero-order chi connectivity index (χ0) is 26.8. The molecule has 0 saturated carbocycles. The minimum atomic E-state index is -1.17. The van der Waals surface area contributed by atoms with Gasteiger partial charge in [0.25, 0.3) is 0 Å². The summed E-state index contributed by atoms with van der Waals surface area (Å²) in [5.41, 5.74) is 1.71. The first-order chi connectivity index (χ1) is 17.4. The zero-order valence-electron chi connectivity index (χ0n) is 23.0. The largest absolute Gasteiger partial charge is 0.473 e. The Hall–Kier alpha value is -2.99. The second kappa shape index (κ2) is 10.8. The number of hydrogen-bond acceptors (Lipinski definition) is 8. The van der Waals surface area contributed by atoms with Gasteiger partial charge in [-0.3, -0.25) is 0 Å². The van der Waals surface area contributed by atoms with Crippen LogP contribution in [0.15, 0.2) is 18.7 Å². The van der Waals surface area contributed by atoms with E-state index in [1.54, 1.807) is 15.8 Å². The van der Waals surface area contributed by atoms with Crippen LogP contribution < -0.4 is 4.74 Å². The van der Waals surface area contributed by atoms with Gasteiger partial charge in [0, 0.05) is 53.9 Å². The number of aromatic nitrogens is 6. The van der Waals surface area contributed by atoms with Crippen LogP contribution in [0.2, 0.25) is 25.7 Å². The molecule has 37 heavy (non-hydrogen) atoms. The Morgan fingerprint density at radius 1 is 1.16 bits per heavy atom. The Bertz CT molecular complexity index is 1220. The molecule has 202 valence electrons. The molecule has 4 rings (SSSR count). The Balaban J connectivity index is 1.48. The number of likely N-dealkylation sites (tertiary alicyclic amines) is 1. The van der Waals surface area contributed by atoms with Crippen LogP contribution in [-0.4, -0.2) is 79.8 Å². The van der Waals surface area contributed by atoms with E-state index in [0.29, 0.717) is 62.1 Å². The summed E-state index contributed by atoms with van der Waals surface area (Å²) in [7, 11) is 0.675. The fourth-order valence-corrected chi connectivity index (χ4v) is 4.85. The van der Waals surface area contributed by atoms with Gasteiger partial charge in [-0.2, -0.15) is 5.10 Å². The first-order valence-electron chi connectivity index (χ1n) is 12.8. The van der Waals surface area contributed by atoms with E-state index in [4.69, 9.17) is 19.2 Å². The molecule has 0 unspecified atom stereocenters. The molecular weight excluding hydrogens is 490 g/mol. The molecule has 0 aliphatic carbocycles. The molecule has 1 fully saturated rings. The van der Waals surface area contributed by atoms with Crippen LogP contribution in [0.25, 0.3) is 22.6 Å². The van der Waals surface area contributed by atoms with Crippen molar-refractivity contribution in [3.63, 3.8) is 0 Å². The van der Waals surface area contributed by atoms with Gasteiger partial charge in [0.05, 0.1) is 11.8 Å². The Labute approximate surface area is 219 Å². The van der Waals surface area contributed by atoms with Crippen molar-refractivity contribution in [1.82, 2.24) is 34.2 Å². The van der Waals surface area contributed by atoms with Crippen molar-refractivity contribution < 1.29 is 19.0 Å². The number of nitrogens with zero attached hydrogens (tertiary/aromatic N) is 7. The Morgan fingerprint density at radius 3 is 2.51 bits per heavy atom. The fourth-order valence-electron chi connectivity index (χ4n) is 4.09. The van der Waals surface area contributed by atoms with Crippen molar-refractivity contribution in [3.05, 3.63) is 18.7 Å².